The van der Waals surface area contributed by atoms with Gasteiger partial charge in [0.1, 0.15) is 0 Å². The maximum atomic E-state index is 12.3. The third-order valence-corrected chi connectivity index (χ3v) is 4.35. The first-order valence-electron chi connectivity index (χ1n) is 7.86. The van der Waals surface area contributed by atoms with Crippen LogP contribution in [0, 0.1) is 0 Å². The minimum atomic E-state index is 0.108. The van der Waals surface area contributed by atoms with Crippen LogP contribution < -0.4 is 4.90 Å². The molecule has 0 bridgehead atoms. The number of amides is 1. The lowest BCUT2D eigenvalue weighted by atomic mass is 10.2. The zero-order valence-corrected chi connectivity index (χ0v) is 13.8. The summed E-state index contributed by atoms with van der Waals surface area (Å²) < 4.78 is 0. The van der Waals surface area contributed by atoms with E-state index in [-0.39, 0.29) is 18.6 Å². The van der Waals surface area contributed by atoms with Crippen molar-refractivity contribution in [2.24, 2.45) is 0 Å². The number of hydrogen-bond donors (Lipinski definition) is 1. The molecule has 0 spiro atoms. The number of benzene rings is 1. The lowest BCUT2D eigenvalue weighted by Gasteiger charge is -2.25. The Morgan fingerprint density at radius 2 is 1.95 bits per heavy atom. The summed E-state index contributed by atoms with van der Waals surface area (Å²) in [6.07, 6.45) is 2.05. The first-order chi connectivity index (χ1) is 10.5. The molecule has 0 unspecified atom stereocenters. The van der Waals surface area contributed by atoms with Crippen LogP contribution in [0.15, 0.2) is 24.3 Å². The van der Waals surface area contributed by atoms with E-state index in [1.54, 1.807) is 4.90 Å². The highest BCUT2D eigenvalue weighted by Crippen LogP contribution is 2.17. The molecule has 1 fully saturated rings. The van der Waals surface area contributed by atoms with E-state index in [4.69, 9.17) is 0 Å². The van der Waals surface area contributed by atoms with Crippen LogP contribution in [-0.2, 0) is 11.3 Å². The van der Waals surface area contributed by atoms with Crippen molar-refractivity contribution in [3.8, 4) is 0 Å². The van der Waals surface area contributed by atoms with E-state index in [0.29, 0.717) is 13.1 Å². The van der Waals surface area contributed by atoms with Crippen LogP contribution in [0.5, 0.6) is 0 Å². The van der Waals surface area contributed by atoms with E-state index in [9.17, 15) is 9.90 Å². The van der Waals surface area contributed by atoms with Crippen LogP contribution in [0.2, 0.25) is 0 Å². The molecule has 1 amide bonds. The number of aliphatic hydroxyl groups excluding tert-OH is 1. The number of hydrogen-bond acceptors (Lipinski definition) is 4. The van der Waals surface area contributed by atoms with Gasteiger partial charge in [-0.2, -0.15) is 0 Å². The van der Waals surface area contributed by atoms with Gasteiger partial charge in [-0.05, 0) is 37.1 Å². The second-order valence-electron chi connectivity index (χ2n) is 6.26. The third kappa shape index (κ3) is 4.21. The predicted molar refractivity (Wildman–Crippen MR) is 88.9 cm³/mol. The minimum Gasteiger partial charge on any atom is -0.395 e. The number of rotatable bonds is 6. The minimum absolute atomic E-state index is 0.108. The molecule has 1 N–H and O–H groups in total. The van der Waals surface area contributed by atoms with Crippen molar-refractivity contribution in [2.45, 2.75) is 25.4 Å². The zero-order valence-electron chi connectivity index (χ0n) is 13.8. The lowest BCUT2D eigenvalue weighted by Crippen LogP contribution is -2.41. The van der Waals surface area contributed by atoms with Gasteiger partial charge in [0.2, 0.25) is 5.91 Å². The van der Waals surface area contributed by atoms with Crippen LogP contribution in [0.3, 0.4) is 0 Å². The number of carbonyl (C=O) groups excluding carboxylic acids is 1. The van der Waals surface area contributed by atoms with Crippen molar-refractivity contribution in [1.29, 1.82) is 0 Å². The Labute approximate surface area is 133 Å². The molecule has 0 aliphatic carbocycles. The molecule has 122 valence electrons. The highest BCUT2D eigenvalue weighted by atomic mass is 16.3. The third-order valence-electron chi connectivity index (χ3n) is 4.35. The largest absolute Gasteiger partial charge is 0.395 e. The number of nitrogens with zero attached hydrogens (tertiary/aromatic N) is 3. The van der Waals surface area contributed by atoms with E-state index in [0.717, 1.165) is 30.6 Å². The van der Waals surface area contributed by atoms with Gasteiger partial charge in [-0.1, -0.05) is 12.1 Å². The van der Waals surface area contributed by atoms with Crippen LogP contribution in [0.25, 0.3) is 0 Å². The molecule has 5 nitrogen and oxygen atoms in total. The molecule has 0 saturated carbocycles. The van der Waals surface area contributed by atoms with Crippen molar-refractivity contribution in [2.75, 3.05) is 45.7 Å². The molecule has 1 saturated heterocycles. The molecule has 1 aromatic carbocycles. The van der Waals surface area contributed by atoms with Crippen LogP contribution >= 0.6 is 0 Å². The van der Waals surface area contributed by atoms with Crippen molar-refractivity contribution >= 4 is 11.6 Å². The van der Waals surface area contributed by atoms with Crippen LogP contribution in [0.1, 0.15) is 18.4 Å². The van der Waals surface area contributed by atoms with Gasteiger partial charge in [0.05, 0.1) is 13.2 Å². The maximum absolute atomic E-state index is 12.3. The van der Waals surface area contributed by atoms with Gasteiger partial charge in [0.15, 0.2) is 0 Å². The van der Waals surface area contributed by atoms with E-state index in [1.165, 1.54) is 0 Å². The number of aliphatic hydroxyl groups is 1. The van der Waals surface area contributed by atoms with Crippen LogP contribution in [-0.4, -0.2) is 67.7 Å². The fraction of sp³-hybridized carbons (Fsp3) is 0.588. The molecule has 1 atom stereocenters. The molecule has 5 heteroatoms. The fourth-order valence-corrected chi connectivity index (χ4v) is 2.87. The summed E-state index contributed by atoms with van der Waals surface area (Å²) >= 11 is 0. The summed E-state index contributed by atoms with van der Waals surface area (Å²) in [5.41, 5.74) is 2.28. The van der Waals surface area contributed by atoms with Crippen molar-refractivity contribution in [3.63, 3.8) is 0 Å². The Morgan fingerprint density at radius 3 is 2.55 bits per heavy atom. The summed E-state index contributed by atoms with van der Waals surface area (Å²) in [6.45, 7) is 2.06. The molecule has 1 aliphatic heterocycles. The Morgan fingerprint density at radius 1 is 1.27 bits per heavy atom. The number of likely N-dealkylation sites (tertiary alicyclic amines) is 1. The average Bonchev–Trinajstić information content (AvgIpc) is 2.94. The SMILES string of the molecule is CN(Cc1ccc(N(C)C)cc1)C(=O)CN1CCC[C@@H]1CO. The molecule has 22 heavy (non-hydrogen) atoms. The summed E-state index contributed by atoms with van der Waals surface area (Å²) in [5, 5.41) is 9.32. The van der Waals surface area contributed by atoms with Gasteiger partial charge in [-0.25, -0.2) is 0 Å². The molecule has 0 radical (unpaired) electrons. The molecule has 0 aromatic heterocycles. The van der Waals surface area contributed by atoms with Gasteiger partial charge in [-0.3, -0.25) is 9.69 Å². The summed E-state index contributed by atoms with van der Waals surface area (Å²) in [6, 6.07) is 8.40. The number of anilines is 1. The van der Waals surface area contributed by atoms with Gasteiger partial charge < -0.3 is 14.9 Å². The highest BCUT2D eigenvalue weighted by Gasteiger charge is 2.26. The maximum Gasteiger partial charge on any atom is 0.236 e. The standard InChI is InChI=1S/C17H27N3O2/c1-18(2)15-8-6-14(7-9-15)11-19(3)17(22)12-20-10-4-5-16(20)13-21/h6-9,16,21H,4-5,10-13H2,1-3H3/t16-/m1/s1. The first kappa shape index (κ1) is 16.8. The summed E-state index contributed by atoms with van der Waals surface area (Å²) in [7, 11) is 5.86. The van der Waals surface area contributed by atoms with E-state index in [2.05, 4.69) is 34.1 Å². The Bertz CT molecular complexity index is 487. The van der Waals surface area contributed by atoms with E-state index >= 15 is 0 Å². The first-order valence-corrected chi connectivity index (χ1v) is 7.86. The number of carbonyl (C=O) groups is 1. The van der Waals surface area contributed by atoms with E-state index in [1.807, 2.05) is 21.1 Å². The van der Waals surface area contributed by atoms with Crippen molar-refractivity contribution in [3.05, 3.63) is 29.8 Å². The normalized spacial score (nSPS) is 18.5. The quantitative estimate of drug-likeness (QED) is 0.857. The Kier molecular flexibility index (Phi) is 5.80. The molecule has 1 aliphatic rings. The van der Waals surface area contributed by atoms with Crippen molar-refractivity contribution in [1.82, 2.24) is 9.80 Å². The van der Waals surface area contributed by atoms with E-state index < -0.39 is 0 Å². The monoisotopic (exact) mass is 305 g/mol. The Balaban J connectivity index is 1.88. The van der Waals surface area contributed by atoms with Gasteiger partial charge in [0, 0.05) is 39.4 Å². The fourth-order valence-electron chi connectivity index (χ4n) is 2.87. The van der Waals surface area contributed by atoms with Crippen LogP contribution in [0.4, 0.5) is 5.69 Å². The van der Waals surface area contributed by atoms with Gasteiger partial charge in [-0.15, -0.1) is 0 Å². The molecule has 1 heterocycles. The molecular formula is C17H27N3O2. The van der Waals surface area contributed by atoms with Gasteiger partial charge in [0.25, 0.3) is 0 Å². The summed E-state index contributed by atoms with van der Waals surface area (Å²) in [5.74, 6) is 0.108. The number of likely N-dealkylation sites (N-methyl/N-ethyl adjacent to an activating group) is 1. The highest BCUT2D eigenvalue weighted by molar-refractivity contribution is 5.78. The topological polar surface area (TPSA) is 47.0 Å². The molecule has 1 aromatic rings. The van der Waals surface area contributed by atoms with Gasteiger partial charge >= 0.3 is 0 Å². The second kappa shape index (κ2) is 7.61. The average molecular weight is 305 g/mol. The predicted octanol–water partition coefficient (Wildman–Crippen LogP) is 1.17. The summed E-state index contributed by atoms with van der Waals surface area (Å²) in [4.78, 5) is 18.2. The molecule has 2 rings (SSSR count). The Hall–Kier alpha value is -1.59. The second-order valence-corrected chi connectivity index (χ2v) is 6.26. The lowest BCUT2D eigenvalue weighted by molar-refractivity contribution is -0.132. The molecular weight excluding hydrogens is 278 g/mol. The zero-order chi connectivity index (χ0) is 16.1. The van der Waals surface area contributed by atoms with Crippen molar-refractivity contribution < 1.29 is 9.90 Å². The smallest absolute Gasteiger partial charge is 0.236 e.